The van der Waals surface area contributed by atoms with Gasteiger partial charge in [-0.2, -0.15) is 0 Å². The van der Waals surface area contributed by atoms with Gasteiger partial charge in [0.15, 0.2) is 0 Å². The summed E-state index contributed by atoms with van der Waals surface area (Å²) in [5, 5.41) is 1.91. The lowest BCUT2D eigenvalue weighted by Gasteiger charge is -2.17. The normalized spacial score (nSPS) is 17.0. The van der Waals surface area contributed by atoms with Crippen molar-refractivity contribution in [3.63, 3.8) is 0 Å². The van der Waals surface area contributed by atoms with Crippen LogP contribution in [0.4, 0.5) is 0 Å². The lowest BCUT2D eigenvalue weighted by atomic mass is 10.2. The van der Waals surface area contributed by atoms with Gasteiger partial charge in [-0.1, -0.05) is 0 Å². The molecule has 23 heavy (non-hydrogen) atoms. The van der Waals surface area contributed by atoms with Gasteiger partial charge in [0, 0.05) is 31.6 Å². The van der Waals surface area contributed by atoms with Crippen molar-refractivity contribution in [3.8, 4) is 0 Å². The number of imide groups is 1. The van der Waals surface area contributed by atoms with E-state index in [1.54, 1.807) is 13.8 Å². The van der Waals surface area contributed by atoms with E-state index in [4.69, 9.17) is 11.5 Å². The molecule has 2 unspecified atom stereocenters. The number of nitrogens with zero attached hydrogens (tertiary/aromatic N) is 1. The van der Waals surface area contributed by atoms with Crippen LogP contribution in [0.2, 0.25) is 0 Å². The molecule has 0 aromatic rings. The molecule has 0 radical (unpaired) electrons. The van der Waals surface area contributed by atoms with Crippen molar-refractivity contribution in [1.29, 1.82) is 0 Å². The van der Waals surface area contributed by atoms with E-state index in [0.29, 0.717) is 13.0 Å². The van der Waals surface area contributed by atoms with Gasteiger partial charge in [-0.15, -0.1) is 11.8 Å². The minimum Gasteiger partial charge on any atom is -0.369 e. The summed E-state index contributed by atoms with van der Waals surface area (Å²) in [7, 11) is 0. The Labute approximate surface area is 139 Å². The van der Waals surface area contributed by atoms with E-state index in [2.05, 4.69) is 5.32 Å². The quantitative estimate of drug-likeness (QED) is 0.464. The molecule has 1 aliphatic rings. The van der Waals surface area contributed by atoms with Crippen LogP contribution in [0.15, 0.2) is 11.0 Å². The van der Waals surface area contributed by atoms with Crippen LogP contribution in [0.25, 0.3) is 0 Å². The molecule has 0 spiro atoms. The SMILES string of the molecule is CCNC(=O)CCN1C(=O)C=C(SC(CC(C)N)C(N)=O)C1=O. The third kappa shape index (κ3) is 5.68. The molecule has 8 nitrogen and oxygen atoms in total. The molecule has 0 fully saturated rings. The molecule has 0 aliphatic carbocycles. The van der Waals surface area contributed by atoms with Crippen molar-refractivity contribution in [2.45, 2.75) is 38.0 Å². The van der Waals surface area contributed by atoms with Gasteiger partial charge >= 0.3 is 0 Å². The Morgan fingerprint density at radius 1 is 1.39 bits per heavy atom. The van der Waals surface area contributed by atoms with Gasteiger partial charge < -0.3 is 16.8 Å². The smallest absolute Gasteiger partial charge is 0.267 e. The number of hydrogen-bond acceptors (Lipinski definition) is 6. The van der Waals surface area contributed by atoms with E-state index in [1.807, 2.05) is 0 Å². The zero-order valence-corrected chi connectivity index (χ0v) is 14.0. The largest absolute Gasteiger partial charge is 0.369 e. The first-order chi connectivity index (χ1) is 10.8. The number of carbonyl (C=O) groups is 4. The van der Waals surface area contributed by atoms with Crippen LogP contribution in [0.1, 0.15) is 26.7 Å². The second-order valence-corrected chi connectivity index (χ2v) is 6.47. The molecule has 1 aliphatic heterocycles. The molecular weight excluding hydrogens is 320 g/mol. The number of thioether (sulfide) groups is 1. The highest BCUT2D eigenvalue weighted by Crippen LogP contribution is 2.30. The minimum absolute atomic E-state index is 0.00140. The van der Waals surface area contributed by atoms with Crippen LogP contribution >= 0.6 is 11.8 Å². The van der Waals surface area contributed by atoms with Crippen molar-refractivity contribution >= 4 is 35.4 Å². The van der Waals surface area contributed by atoms with E-state index in [9.17, 15) is 19.2 Å². The van der Waals surface area contributed by atoms with Gasteiger partial charge in [0.25, 0.3) is 11.8 Å². The fourth-order valence-corrected chi connectivity index (χ4v) is 3.20. The van der Waals surface area contributed by atoms with Gasteiger partial charge in [-0.05, 0) is 20.3 Å². The fourth-order valence-electron chi connectivity index (χ4n) is 1.99. The van der Waals surface area contributed by atoms with Crippen molar-refractivity contribution in [2.24, 2.45) is 11.5 Å². The standard InChI is InChI=1S/C14H22N4O4S/c1-3-17-11(19)4-5-18-12(20)7-10(14(18)22)23-9(13(16)21)6-8(2)15/h7-9H,3-6,15H2,1-2H3,(H2,16,21)(H,17,19). The molecule has 1 rings (SSSR count). The predicted octanol–water partition coefficient (Wildman–Crippen LogP) is -0.910. The van der Waals surface area contributed by atoms with Gasteiger partial charge in [-0.25, -0.2) is 0 Å². The molecule has 0 saturated carbocycles. The first-order valence-corrected chi connectivity index (χ1v) is 8.20. The van der Waals surface area contributed by atoms with Crippen molar-refractivity contribution in [2.75, 3.05) is 13.1 Å². The summed E-state index contributed by atoms with van der Waals surface area (Å²) < 4.78 is 0. The lowest BCUT2D eigenvalue weighted by molar-refractivity contribution is -0.137. The van der Waals surface area contributed by atoms with Crippen LogP contribution in [0.5, 0.6) is 0 Å². The number of rotatable bonds is 9. The Kier molecular flexibility index (Phi) is 7.24. The zero-order valence-electron chi connectivity index (χ0n) is 13.2. The molecule has 1 heterocycles. The summed E-state index contributed by atoms with van der Waals surface area (Å²) in [6.45, 7) is 3.99. The molecule has 2 atom stereocenters. The Morgan fingerprint density at radius 3 is 2.57 bits per heavy atom. The number of primary amides is 1. The number of nitrogens with one attached hydrogen (secondary N) is 1. The second kappa shape index (κ2) is 8.68. The van der Waals surface area contributed by atoms with E-state index in [0.717, 1.165) is 16.7 Å². The van der Waals surface area contributed by atoms with E-state index < -0.39 is 23.0 Å². The Bertz CT molecular complexity index is 533. The number of nitrogens with two attached hydrogens (primary N) is 2. The van der Waals surface area contributed by atoms with Crippen LogP contribution in [-0.2, 0) is 19.2 Å². The Hall–Kier alpha value is -1.87. The highest BCUT2D eigenvalue weighted by molar-refractivity contribution is 8.05. The monoisotopic (exact) mass is 342 g/mol. The van der Waals surface area contributed by atoms with Gasteiger partial charge in [0.1, 0.15) is 0 Å². The highest BCUT2D eigenvalue weighted by atomic mass is 32.2. The molecule has 128 valence electrons. The zero-order chi connectivity index (χ0) is 17.6. The molecule has 9 heteroatoms. The fraction of sp³-hybridized carbons (Fsp3) is 0.571. The van der Waals surface area contributed by atoms with Crippen LogP contribution < -0.4 is 16.8 Å². The maximum atomic E-state index is 12.2. The molecule has 0 aromatic carbocycles. The summed E-state index contributed by atoms with van der Waals surface area (Å²) in [6, 6.07) is -0.262. The second-order valence-electron chi connectivity index (χ2n) is 5.23. The third-order valence-electron chi connectivity index (χ3n) is 3.09. The molecule has 0 bridgehead atoms. The van der Waals surface area contributed by atoms with Crippen LogP contribution in [0, 0.1) is 0 Å². The number of amides is 4. The summed E-state index contributed by atoms with van der Waals surface area (Å²) in [4.78, 5) is 48.1. The molecule has 4 amide bonds. The van der Waals surface area contributed by atoms with Crippen molar-refractivity contribution < 1.29 is 19.2 Å². The van der Waals surface area contributed by atoms with Gasteiger partial charge in [0.2, 0.25) is 11.8 Å². The first kappa shape index (κ1) is 19.2. The summed E-state index contributed by atoms with van der Waals surface area (Å²) >= 11 is 0.943. The first-order valence-electron chi connectivity index (χ1n) is 7.32. The maximum Gasteiger partial charge on any atom is 0.267 e. The summed E-state index contributed by atoms with van der Waals surface area (Å²) in [6.07, 6.45) is 1.51. The van der Waals surface area contributed by atoms with Gasteiger partial charge in [-0.3, -0.25) is 24.1 Å². The van der Waals surface area contributed by atoms with E-state index >= 15 is 0 Å². The van der Waals surface area contributed by atoms with Crippen molar-refractivity contribution in [3.05, 3.63) is 11.0 Å². The highest BCUT2D eigenvalue weighted by Gasteiger charge is 2.34. The average Bonchev–Trinajstić information content (AvgIpc) is 2.70. The molecule has 0 saturated heterocycles. The third-order valence-corrected chi connectivity index (χ3v) is 4.34. The Balaban J connectivity index is 2.67. The maximum absolute atomic E-state index is 12.2. The van der Waals surface area contributed by atoms with Gasteiger partial charge in [0.05, 0.1) is 10.2 Å². The lowest BCUT2D eigenvalue weighted by Crippen LogP contribution is -2.36. The summed E-state index contributed by atoms with van der Waals surface area (Å²) in [5.74, 6) is -1.83. The van der Waals surface area contributed by atoms with Crippen LogP contribution in [-0.4, -0.2) is 52.9 Å². The number of hydrogen-bond donors (Lipinski definition) is 3. The van der Waals surface area contributed by atoms with Crippen molar-refractivity contribution in [1.82, 2.24) is 10.2 Å². The van der Waals surface area contributed by atoms with E-state index in [-0.39, 0.29) is 29.8 Å². The average molecular weight is 342 g/mol. The van der Waals surface area contributed by atoms with E-state index in [1.165, 1.54) is 6.08 Å². The van der Waals surface area contributed by atoms with Crippen LogP contribution in [0.3, 0.4) is 0 Å². The predicted molar refractivity (Wildman–Crippen MR) is 86.9 cm³/mol. The summed E-state index contributed by atoms with van der Waals surface area (Å²) in [5.41, 5.74) is 11.0. The Morgan fingerprint density at radius 2 is 2.04 bits per heavy atom. The number of carbonyl (C=O) groups excluding carboxylic acids is 4. The molecule has 5 N–H and O–H groups in total. The molecular formula is C14H22N4O4S. The molecule has 0 aromatic heterocycles. The topological polar surface area (TPSA) is 136 Å². The minimum atomic E-state index is -0.679.